The molecule has 0 radical (unpaired) electrons. The molecule has 5 heteroatoms. The zero-order valence-electron chi connectivity index (χ0n) is 8.90. The first-order valence-electron chi connectivity index (χ1n) is 4.88. The average Bonchev–Trinajstić information content (AvgIpc) is 2.26. The molecule has 0 aliphatic carbocycles. The molecule has 0 bridgehead atoms. The number of ether oxygens (including phenoxy) is 2. The molecule has 1 rings (SSSR count). The Morgan fingerprint density at radius 3 is 2.81 bits per heavy atom. The second-order valence-corrected chi connectivity index (χ2v) is 3.40. The van der Waals surface area contributed by atoms with Crippen LogP contribution < -0.4 is 4.74 Å². The highest BCUT2D eigenvalue weighted by atomic mass is 35.5. The molecule has 0 amide bonds. The van der Waals surface area contributed by atoms with Gasteiger partial charge >= 0.3 is 5.97 Å². The van der Waals surface area contributed by atoms with Crippen LogP contribution in [0.1, 0.15) is 17.3 Å². The Morgan fingerprint density at radius 2 is 2.19 bits per heavy atom. The van der Waals surface area contributed by atoms with E-state index in [1.165, 1.54) is 12.1 Å². The fourth-order valence-electron chi connectivity index (χ4n) is 1.12. The van der Waals surface area contributed by atoms with Gasteiger partial charge in [0.25, 0.3) is 0 Å². The zero-order chi connectivity index (χ0) is 12.0. The van der Waals surface area contributed by atoms with Crippen molar-refractivity contribution in [2.75, 3.05) is 19.8 Å². The van der Waals surface area contributed by atoms with Crippen LogP contribution in [0.2, 0.25) is 5.02 Å². The summed E-state index contributed by atoms with van der Waals surface area (Å²) in [5.74, 6) is -0.596. The van der Waals surface area contributed by atoms with Gasteiger partial charge in [-0.05, 0) is 25.1 Å². The van der Waals surface area contributed by atoms with E-state index < -0.39 is 5.97 Å². The molecular weight excluding hydrogens is 232 g/mol. The molecule has 0 aliphatic heterocycles. The topological polar surface area (TPSA) is 55.8 Å². The second kappa shape index (κ2) is 6.35. The number of hydrogen-bond acceptors (Lipinski definition) is 3. The van der Waals surface area contributed by atoms with Gasteiger partial charge in [0.2, 0.25) is 0 Å². The first-order chi connectivity index (χ1) is 7.65. The van der Waals surface area contributed by atoms with Gasteiger partial charge in [-0.15, -0.1) is 0 Å². The molecule has 0 aliphatic rings. The molecule has 88 valence electrons. The van der Waals surface area contributed by atoms with Crippen molar-refractivity contribution in [3.8, 4) is 5.75 Å². The summed E-state index contributed by atoms with van der Waals surface area (Å²) in [6.45, 7) is 3.38. The summed E-state index contributed by atoms with van der Waals surface area (Å²) in [5.41, 5.74) is 0.0376. The molecule has 0 atom stereocenters. The maximum atomic E-state index is 10.8. The molecule has 1 aromatic rings. The Hall–Kier alpha value is -1.26. The van der Waals surface area contributed by atoms with E-state index in [2.05, 4.69) is 0 Å². The first kappa shape index (κ1) is 12.8. The summed E-state index contributed by atoms with van der Waals surface area (Å²) in [4.78, 5) is 10.8. The van der Waals surface area contributed by atoms with E-state index in [1.54, 1.807) is 6.07 Å². The van der Waals surface area contributed by atoms with Gasteiger partial charge in [0.05, 0.1) is 17.2 Å². The van der Waals surface area contributed by atoms with Crippen molar-refractivity contribution < 1.29 is 19.4 Å². The van der Waals surface area contributed by atoms with Gasteiger partial charge in [0.1, 0.15) is 12.4 Å². The van der Waals surface area contributed by atoms with Crippen molar-refractivity contribution in [3.05, 3.63) is 28.8 Å². The summed E-state index contributed by atoms with van der Waals surface area (Å²) in [5, 5.41) is 9.03. The fourth-order valence-corrected chi connectivity index (χ4v) is 1.32. The van der Waals surface area contributed by atoms with Crippen molar-refractivity contribution >= 4 is 17.6 Å². The molecular formula is C11H13ClO4. The minimum atomic E-state index is -1.07. The van der Waals surface area contributed by atoms with Crippen LogP contribution in [-0.2, 0) is 4.74 Å². The van der Waals surface area contributed by atoms with Gasteiger partial charge in [-0.2, -0.15) is 0 Å². The van der Waals surface area contributed by atoms with Crippen LogP contribution in [0.3, 0.4) is 0 Å². The average molecular weight is 245 g/mol. The van der Waals surface area contributed by atoms with Crippen molar-refractivity contribution in [1.82, 2.24) is 0 Å². The van der Waals surface area contributed by atoms with Gasteiger partial charge in [-0.3, -0.25) is 0 Å². The molecule has 0 fully saturated rings. The van der Waals surface area contributed by atoms with Gasteiger partial charge in [-0.25, -0.2) is 4.79 Å². The molecule has 1 aromatic carbocycles. The van der Waals surface area contributed by atoms with Gasteiger partial charge in [0.15, 0.2) is 0 Å². The number of carboxylic acids is 1. The number of carbonyl (C=O) groups is 1. The van der Waals surface area contributed by atoms with Gasteiger partial charge in [0, 0.05) is 6.61 Å². The molecule has 0 aromatic heterocycles. The SMILES string of the molecule is CCOCCOc1ccc(Cl)c(C(=O)O)c1. The molecule has 0 unspecified atom stereocenters. The molecule has 0 saturated carbocycles. The maximum Gasteiger partial charge on any atom is 0.337 e. The fraction of sp³-hybridized carbons (Fsp3) is 0.364. The third-order valence-corrected chi connectivity index (χ3v) is 2.20. The summed E-state index contributed by atoms with van der Waals surface area (Å²) in [6, 6.07) is 4.53. The summed E-state index contributed by atoms with van der Waals surface area (Å²) < 4.78 is 10.4. The lowest BCUT2D eigenvalue weighted by Gasteiger charge is -2.07. The Morgan fingerprint density at radius 1 is 1.44 bits per heavy atom. The number of carboxylic acid groups (broad SMARTS) is 1. The van der Waals surface area contributed by atoms with Gasteiger partial charge < -0.3 is 14.6 Å². The third-order valence-electron chi connectivity index (χ3n) is 1.87. The van der Waals surface area contributed by atoms with Gasteiger partial charge in [-0.1, -0.05) is 11.6 Å². The van der Waals surface area contributed by atoms with E-state index >= 15 is 0 Å². The van der Waals surface area contributed by atoms with E-state index in [0.29, 0.717) is 25.6 Å². The number of hydrogen-bond donors (Lipinski definition) is 1. The third kappa shape index (κ3) is 3.72. The van der Waals surface area contributed by atoms with Crippen molar-refractivity contribution in [3.63, 3.8) is 0 Å². The Balaban J connectivity index is 2.61. The standard InChI is InChI=1S/C11H13ClO4/c1-2-15-5-6-16-8-3-4-10(12)9(7-8)11(13)14/h3-4,7H,2,5-6H2,1H3,(H,13,14). The normalized spacial score (nSPS) is 10.1. The maximum absolute atomic E-state index is 10.8. The lowest BCUT2D eigenvalue weighted by atomic mass is 10.2. The highest BCUT2D eigenvalue weighted by Crippen LogP contribution is 2.21. The monoisotopic (exact) mass is 244 g/mol. The lowest BCUT2D eigenvalue weighted by Crippen LogP contribution is -2.07. The lowest BCUT2D eigenvalue weighted by molar-refractivity contribution is 0.0696. The largest absolute Gasteiger partial charge is 0.491 e. The quantitative estimate of drug-likeness (QED) is 0.781. The molecule has 1 N–H and O–H groups in total. The van der Waals surface area contributed by atoms with Crippen LogP contribution in [-0.4, -0.2) is 30.9 Å². The zero-order valence-corrected chi connectivity index (χ0v) is 9.66. The molecule has 0 heterocycles. The van der Waals surface area contributed by atoms with E-state index in [-0.39, 0.29) is 10.6 Å². The minimum absolute atomic E-state index is 0.0376. The Kier molecular flexibility index (Phi) is 5.08. The predicted octanol–water partition coefficient (Wildman–Crippen LogP) is 2.45. The second-order valence-electron chi connectivity index (χ2n) is 2.99. The van der Waals surface area contributed by atoms with Crippen LogP contribution in [0.5, 0.6) is 5.75 Å². The van der Waals surface area contributed by atoms with E-state index in [9.17, 15) is 4.79 Å². The van der Waals surface area contributed by atoms with Crippen LogP contribution in [0, 0.1) is 0 Å². The molecule has 16 heavy (non-hydrogen) atoms. The Bertz CT molecular complexity index is 365. The van der Waals surface area contributed by atoms with E-state index in [0.717, 1.165) is 0 Å². The van der Waals surface area contributed by atoms with Crippen LogP contribution in [0.25, 0.3) is 0 Å². The number of halogens is 1. The van der Waals surface area contributed by atoms with Crippen LogP contribution in [0.15, 0.2) is 18.2 Å². The van der Waals surface area contributed by atoms with Crippen LogP contribution in [0.4, 0.5) is 0 Å². The van der Waals surface area contributed by atoms with E-state index in [1.807, 2.05) is 6.92 Å². The number of aromatic carboxylic acids is 1. The highest BCUT2D eigenvalue weighted by Gasteiger charge is 2.09. The minimum Gasteiger partial charge on any atom is -0.491 e. The highest BCUT2D eigenvalue weighted by molar-refractivity contribution is 6.33. The van der Waals surface area contributed by atoms with Crippen molar-refractivity contribution in [1.29, 1.82) is 0 Å². The summed E-state index contributed by atoms with van der Waals surface area (Å²) in [6.07, 6.45) is 0. The van der Waals surface area contributed by atoms with E-state index in [4.69, 9.17) is 26.2 Å². The number of rotatable bonds is 6. The summed E-state index contributed by atoms with van der Waals surface area (Å²) in [7, 11) is 0. The summed E-state index contributed by atoms with van der Waals surface area (Å²) >= 11 is 5.71. The van der Waals surface area contributed by atoms with Crippen LogP contribution >= 0.6 is 11.6 Å². The Labute approximate surface area is 98.7 Å². The van der Waals surface area contributed by atoms with Crippen molar-refractivity contribution in [2.45, 2.75) is 6.92 Å². The van der Waals surface area contributed by atoms with Crippen molar-refractivity contribution in [2.24, 2.45) is 0 Å². The predicted molar refractivity (Wildman–Crippen MR) is 60.4 cm³/mol. The molecule has 0 spiro atoms. The molecule has 4 nitrogen and oxygen atoms in total. The smallest absolute Gasteiger partial charge is 0.337 e. The molecule has 0 saturated heterocycles. The first-order valence-corrected chi connectivity index (χ1v) is 5.26. The number of benzene rings is 1.